The Morgan fingerprint density at radius 1 is 1.29 bits per heavy atom. The molecule has 2 aliphatic heterocycles. The highest BCUT2D eigenvalue weighted by molar-refractivity contribution is 5.79. The Labute approximate surface area is 141 Å². The topological polar surface area (TPSA) is 102 Å². The molecule has 3 heterocycles. The number of amides is 2. The fourth-order valence-electron chi connectivity index (χ4n) is 2.83. The highest BCUT2D eigenvalue weighted by atomic mass is 16.5. The van der Waals surface area contributed by atoms with Gasteiger partial charge >= 0.3 is 0 Å². The van der Waals surface area contributed by atoms with Crippen molar-refractivity contribution >= 4 is 11.8 Å². The van der Waals surface area contributed by atoms with Crippen molar-refractivity contribution < 1.29 is 14.3 Å². The van der Waals surface area contributed by atoms with E-state index in [-0.39, 0.29) is 24.3 Å². The molecule has 1 unspecified atom stereocenters. The second-order valence-corrected chi connectivity index (χ2v) is 6.23. The number of aromatic nitrogens is 2. The maximum atomic E-state index is 12.1. The molecule has 3 rings (SSSR count). The first-order valence-electron chi connectivity index (χ1n) is 8.32. The molecule has 0 saturated carbocycles. The molecule has 130 valence electrons. The summed E-state index contributed by atoms with van der Waals surface area (Å²) in [5.74, 6) is -0.171. The van der Waals surface area contributed by atoms with Crippen molar-refractivity contribution in [3.05, 3.63) is 23.8 Å². The normalized spacial score (nSPS) is 21.3. The van der Waals surface area contributed by atoms with E-state index in [4.69, 9.17) is 10.5 Å². The third kappa shape index (κ3) is 4.27. The molecular weight excluding hydrogens is 310 g/mol. The minimum absolute atomic E-state index is 0.184. The van der Waals surface area contributed by atoms with Gasteiger partial charge < -0.3 is 15.4 Å². The summed E-state index contributed by atoms with van der Waals surface area (Å²) in [5.41, 5.74) is 6.63. The van der Waals surface area contributed by atoms with Crippen LogP contribution in [0.1, 0.15) is 30.3 Å². The molecule has 1 aromatic heterocycles. The summed E-state index contributed by atoms with van der Waals surface area (Å²) in [4.78, 5) is 35.7. The number of hydrogen-bond donors (Lipinski definition) is 1. The molecule has 2 saturated heterocycles. The van der Waals surface area contributed by atoms with Crippen LogP contribution in [0.25, 0.3) is 0 Å². The van der Waals surface area contributed by atoms with Crippen molar-refractivity contribution in [3.63, 3.8) is 0 Å². The minimum Gasteiger partial charge on any atom is -0.370 e. The number of hydrogen-bond acceptors (Lipinski definition) is 6. The van der Waals surface area contributed by atoms with Crippen LogP contribution >= 0.6 is 0 Å². The number of carbonyl (C=O) groups excluding carboxylic acids is 2. The van der Waals surface area contributed by atoms with Gasteiger partial charge in [0.2, 0.25) is 11.8 Å². The van der Waals surface area contributed by atoms with Gasteiger partial charge in [0.25, 0.3) is 0 Å². The van der Waals surface area contributed by atoms with Crippen LogP contribution < -0.4 is 5.73 Å². The van der Waals surface area contributed by atoms with Crippen LogP contribution in [0.15, 0.2) is 12.4 Å². The lowest BCUT2D eigenvalue weighted by molar-refractivity contribution is -0.138. The number of nitrogens with zero attached hydrogens (tertiary/aromatic N) is 4. The molecular formula is C16H23N5O3. The third-order valence-electron chi connectivity index (χ3n) is 4.38. The smallest absolute Gasteiger partial charge is 0.236 e. The molecule has 24 heavy (non-hydrogen) atoms. The monoisotopic (exact) mass is 333 g/mol. The van der Waals surface area contributed by atoms with Crippen LogP contribution in [-0.2, 0) is 20.7 Å². The number of aryl methyl sites for hydroxylation is 1. The quantitative estimate of drug-likeness (QED) is 0.753. The van der Waals surface area contributed by atoms with E-state index in [0.29, 0.717) is 26.1 Å². The predicted octanol–water partition coefficient (Wildman–Crippen LogP) is -0.500. The van der Waals surface area contributed by atoms with Crippen molar-refractivity contribution in [2.24, 2.45) is 5.73 Å². The molecule has 1 atom stereocenters. The lowest BCUT2D eigenvalue weighted by Gasteiger charge is -2.36. The van der Waals surface area contributed by atoms with Gasteiger partial charge in [-0.1, -0.05) is 0 Å². The van der Waals surface area contributed by atoms with Crippen LogP contribution in [0.5, 0.6) is 0 Å². The molecule has 0 aliphatic carbocycles. The van der Waals surface area contributed by atoms with Gasteiger partial charge in [-0.15, -0.1) is 0 Å². The predicted molar refractivity (Wildman–Crippen MR) is 85.9 cm³/mol. The van der Waals surface area contributed by atoms with Crippen molar-refractivity contribution in [3.8, 4) is 0 Å². The van der Waals surface area contributed by atoms with Gasteiger partial charge in [-0.2, -0.15) is 0 Å². The van der Waals surface area contributed by atoms with Gasteiger partial charge in [-0.25, -0.2) is 0 Å². The van der Waals surface area contributed by atoms with Crippen LogP contribution in [-0.4, -0.2) is 70.9 Å². The lowest BCUT2D eigenvalue weighted by atomic mass is 10.1. The number of morpholine rings is 1. The van der Waals surface area contributed by atoms with Gasteiger partial charge in [0, 0.05) is 38.8 Å². The first-order chi connectivity index (χ1) is 11.6. The second kappa shape index (κ2) is 7.67. The number of ether oxygens (including phenoxy) is 1. The van der Waals surface area contributed by atoms with Gasteiger partial charge in [0.05, 0.1) is 30.7 Å². The first-order valence-corrected chi connectivity index (χ1v) is 8.32. The van der Waals surface area contributed by atoms with E-state index < -0.39 is 0 Å². The molecule has 2 fully saturated rings. The van der Waals surface area contributed by atoms with Crippen molar-refractivity contribution in [1.29, 1.82) is 0 Å². The highest BCUT2D eigenvalue weighted by Gasteiger charge is 2.27. The van der Waals surface area contributed by atoms with E-state index in [1.54, 1.807) is 12.4 Å². The van der Waals surface area contributed by atoms with Gasteiger partial charge in [0.15, 0.2) is 0 Å². The minimum atomic E-state index is -0.355. The molecule has 2 aliphatic rings. The standard InChI is InChI=1S/C16H23N5O3/c17-15(22)3-2-12-8-18-9-13(19-12)14-10-20(6-7-24-14)11-16(23)21-4-1-5-21/h8-9,14H,1-7,10-11H2,(H2,17,22). The van der Waals surface area contributed by atoms with E-state index in [0.717, 1.165) is 37.4 Å². The van der Waals surface area contributed by atoms with E-state index >= 15 is 0 Å². The number of primary amides is 1. The summed E-state index contributed by atoms with van der Waals surface area (Å²) in [5, 5.41) is 0. The average molecular weight is 333 g/mol. The van der Waals surface area contributed by atoms with Gasteiger partial charge in [0.1, 0.15) is 6.10 Å². The number of likely N-dealkylation sites (tertiary alicyclic amines) is 1. The van der Waals surface area contributed by atoms with E-state index in [2.05, 4.69) is 14.9 Å². The summed E-state index contributed by atoms with van der Waals surface area (Å²) in [6.45, 7) is 4.10. The molecule has 0 aromatic carbocycles. The first kappa shape index (κ1) is 16.8. The molecule has 2 N–H and O–H groups in total. The number of nitrogens with two attached hydrogens (primary N) is 1. The van der Waals surface area contributed by atoms with Crippen LogP contribution in [0, 0.1) is 0 Å². The molecule has 0 bridgehead atoms. The van der Waals surface area contributed by atoms with Crippen LogP contribution in [0.3, 0.4) is 0 Å². The third-order valence-corrected chi connectivity index (χ3v) is 4.38. The molecule has 0 radical (unpaired) electrons. The van der Waals surface area contributed by atoms with Crippen LogP contribution in [0.2, 0.25) is 0 Å². The van der Waals surface area contributed by atoms with Crippen molar-refractivity contribution in [2.45, 2.75) is 25.4 Å². The van der Waals surface area contributed by atoms with Crippen LogP contribution in [0.4, 0.5) is 0 Å². The van der Waals surface area contributed by atoms with E-state index in [9.17, 15) is 9.59 Å². The maximum absolute atomic E-state index is 12.1. The number of carbonyl (C=O) groups is 2. The average Bonchev–Trinajstić information content (AvgIpc) is 2.52. The zero-order chi connectivity index (χ0) is 16.9. The van der Waals surface area contributed by atoms with Gasteiger partial charge in [-0.3, -0.25) is 24.5 Å². The fraction of sp³-hybridized carbons (Fsp3) is 0.625. The zero-order valence-corrected chi connectivity index (χ0v) is 13.7. The van der Waals surface area contributed by atoms with Crippen molar-refractivity contribution in [1.82, 2.24) is 19.8 Å². The Kier molecular flexibility index (Phi) is 5.37. The molecule has 8 nitrogen and oxygen atoms in total. The summed E-state index contributed by atoms with van der Waals surface area (Å²) >= 11 is 0. The van der Waals surface area contributed by atoms with E-state index in [1.807, 2.05) is 4.90 Å². The molecule has 1 aromatic rings. The lowest BCUT2D eigenvalue weighted by Crippen LogP contribution is -2.49. The summed E-state index contributed by atoms with van der Waals surface area (Å²) in [6, 6.07) is 0. The van der Waals surface area contributed by atoms with E-state index in [1.165, 1.54) is 0 Å². The highest BCUT2D eigenvalue weighted by Crippen LogP contribution is 2.21. The Balaban J connectivity index is 1.58. The molecule has 0 spiro atoms. The largest absolute Gasteiger partial charge is 0.370 e. The molecule has 8 heteroatoms. The molecule has 2 amide bonds. The van der Waals surface area contributed by atoms with Crippen molar-refractivity contribution in [2.75, 3.05) is 39.3 Å². The summed E-state index contributed by atoms with van der Waals surface area (Å²) in [6.07, 6.45) is 4.94. The Hall–Kier alpha value is -2.06. The van der Waals surface area contributed by atoms with Gasteiger partial charge in [-0.05, 0) is 12.8 Å². The second-order valence-electron chi connectivity index (χ2n) is 6.23. The summed E-state index contributed by atoms with van der Waals surface area (Å²) in [7, 11) is 0. The fourth-order valence-corrected chi connectivity index (χ4v) is 2.83. The Morgan fingerprint density at radius 2 is 2.12 bits per heavy atom. The zero-order valence-electron chi connectivity index (χ0n) is 13.7. The number of rotatable bonds is 6. The Morgan fingerprint density at radius 3 is 2.83 bits per heavy atom. The maximum Gasteiger partial charge on any atom is 0.236 e. The summed E-state index contributed by atoms with van der Waals surface area (Å²) < 4.78 is 5.80. The SMILES string of the molecule is NC(=O)CCc1cncc(C2CN(CC(=O)N3CCC3)CCO2)n1. The Bertz CT molecular complexity index is 605.